The zero-order valence-electron chi connectivity index (χ0n) is 10.9. The van der Waals surface area contributed by atoms with Crippen LogP contribution in [0.5, 0.6) is 5.75 Å². The standard InChI is InChI=1S/C12H23N3O/c1-8(2)15-12(9(3)6-10(4)13)11(16-5)7-14-15/h7-10H,6,13H2,1-5H3. The first kappa shape index (κ1) is 13.0. The summed E-state index contributed by atoms with van der Waals surface area (Å²) in [4.78, 5) is 0. The predicted molar refractivity (Wildman–Crippen MR) is 65.8 cm³/mol. The second-order valence-corrected chi connectivity index (χ2v) is 4.75. The van der Waals surface area contributed by atoms with Gasteiger partial charge in [-0.25, -0.2) is 0 Å². The van der Waals surface area contributed by atoms with E-state index in [0.717, 1.165) is 17.9 Å². The van der Waals surface area contributed by atoms with Gasteiger partial charge in [0.15, 0.2) is 5.75 Å². The summed E-state index contributed by atoms with van der Waals surface area (Å²) in [6, 6.07) is 0.532. The molecule has 1 rings (SSSR count). The summed E-state index contributed by atoms with van der Waals surface area (Å²) in [5.41, 5.74) is 6.99. The van der Waals surface area contributed by atoms with Gasteiger partial charge in [0.1, 0.15) is 0 Å². The number of methoxy groups -OCH3 is 1. The minimum Gasteiger partial charge on any atom is -0.493 e. The molecule has 92 valence electrons. The third-order valence-electron chi connectivity index (χ3n) is 2.70. The van der Waals surface area contributed by atoms with Crippen LogP contribution in [0.3, 0.4) is 0 Å². The number of hydrogen-bond donors (Lipinski definition) is 1. The molecule has 2 atom stereocenters. The van der Waals surface area contributed by atoms with Crippen LogP contribution in [0.25, 0.3) is 0 Å². The van der Waals surface area contributed by atoms with E-state index in [-0.39, 0.29) is 6.04 Å². The van der Waals surface area contributed by atoms with E-state index in [2.05, 4.69) is 25.9 Å². The molecule has 0 saturated carbocycles. The molecule has 0 amide bonds. The molecule has 4 nitrogen and oxygen atoms in total. The highest BCUT2D eigenvalue weighted by molar-refractivity contribution is 5.28. The summed E-state index contributed by atoms with van der Waals surface area (Å²) in [6.45, 7) is 8.43. The smallest absolute Gasteiger partial charge is 0.160 e. The van der Waals surface area contributed by atoms with E-state index in [9.17, 15) is 0 Å². The number of hydrogen-bond acceptors (Lipinski definition) is 3. The minimum absolute atomic E-state index is 0.190. The van der Waals surface area contributed by atoms with Crippen molar-refractivity contribution < 1.29 is 4.74 Å². The summed E-state index contributed by atoms with van der Waals surface area (Å²) in [5, 5.41) is 4.37. The zero-order chi connectivity index (χ0) is 12.3. The molecule has 16 heavy (non-hydrogen) atoms. The molecular weight excluding hydrogens is 202 g/mol. The van der Waals surface area contributed by atoms with Crippen molar-refractivity contribution in [1.29, 1.82) is 0 Å². The van der Waals surface area contributed by atoms with E-state index in [1.54, 1.807) is 13.3 Å². The summed E-state index contributed by atoms with van der Waals surface area (Å²) in [5.74, 6) is 1.22. The number of nitrogens with two attached hydrogens (primary N) is 1. The molecule has 0 aliphatic heterocycles. The fourth-order valence-electron chi connectivity index (χ4n) is 2.06. The first-order chi connectivity index (χ1) is 7.47. The maximum Gasteiger partial charge on any atom is 0.160 e. The average Bonchev–Trinajstić information content (AvgIpc) is 2.59. The Morgan fingerprint density at radius 1 is 1.38 bits per heavy atom. The van der Waals surface area contributed by atoms with Crippen molar-refractivity contribution in [3.63, 3.8) is 0 Å². The zero-order valence-corrected chi connectivity index (χ0v) is 10.9. The van der Waals surface area contributed by atoms with Gasteiger partial charge in [-0.15, -0.1) is 0 Å². The lowest BCUT2D eigenvalue weighted by atomic mass is 9.99. The van der Waals surface area contributed by atoms with Gasteiger partial charge in [-0.1, -0.05) is 6.92 Å². The highest BCUT2D eigenvalue weighted by atomic mass is 16.5. The van der Waals surface area contributed by atoms with Gasteiger partial charge in [0, 0.05) is 18.0 Å². The van der Waals surface area contributed by atoms with Crippen molar-refractivity contribution >= 4 is 0 Å². The molecule has 2 N–H and O–H groups in total. The predicted octanol–water partition coefficient (Wildman–Crippen LogP) is 2.31. The maximum absolute atomic E-state index is 5.85. The second-order valence-electron chi connectivity index (χ2n) is 4.75. The van der Waals surface area contributed by atoms with Crippen molar-refractivity contribution in [3.8, 4) is 5.75 Å². The Bertz CT molecular complexity index is 331. The molecule has 2 unspecified atom stereocenters. The molecule has 4 heteroatoms. The summed E-state index contributed by atoms with van der Waals surface area (Å²) >= 11 is 0. The molecular formula is C12H23N3O. The lowest BCUT2D eigenvalue weighted by Crippen LogP contribution is -2.20. The van der Waals surface area contributed by atoms with Crippen molar-refractivity contribution in [2.45, 2.75) is 52.1 Å². The second kappa shape index (κ2) is 5.34. The van der Waals surface area contributed by atoms with Crippen LogP contribution in [0.15, 0.2) is 6.20 Å². The topological polar surface area (TPSA) is 53.1 Å². The van der Waals surface area contributed by atoms with Crippen LogP contribution in [0.1, 0.15) is 51.8 Å². The number of rotatable bonds is 5. The Labute approximate surface area is 97.8 Å². The SMILES string of the molecule is COc1cnn(C(C)C)c1C(C)CC(C)N. The molecule has 0 aliphatic carbocycles. The number of nitrogens with zero attached hydrogens (tertiary/aromatic N) is 2. The Kier molecular flexibility index (Phi) is 4.35. The Morgan fingerprint density at radius 2 is 2.00 bits per heavy atom. The van der Waals surface area contributed by atoms with Gasteiger partial charge in [-0.2, -0.15) is 5.10 Å². The minimum atomic E-state index is 0.190. The highest BCUT2D eigenvalue weighted by Crippen LogP contribution is 2.31. The van der Waals surface area contributed by atoms with Crippen LogP contribution in [0.2, 0.25) is 0 Å². The van der Waals surface area contributed by atoms with E-state index in [4.69, 9.17) is 10.5 Å². The van der Waals surface area contributed by atoms with Crippen LogP contribution in [0, 0.1) is 0 Å². The lowest BCUT2D eigenvalue weighted by Gasteiger charge is -2.19. The quantitative estimate of drug-likeness (QED) is 0.836. The largest absolute Gasteiger partial charge is 0.493 e. The third kappa shape index (κ3) is 2.76. The highest BCUT2D eigenvalue weighted by Gasteiger charge is 2.20. The Morgan fingerprint density at radius 3 is 2.44 bits per heavy atom. The molecule has 1 aromatic rings. The average molecular weight is 225 g/mol. The summed E-state index contributed by atoms with van der Waals surface area (Å²) in [6.07, 6.45) is 2.72. The Hall–Kier alpha value is -1.03. The van der Waals surface area contributed by atoms with Crippen LogP contribution in [-0.2, 0) is 0 Å². The molecule has 0 fully saturated rings. The van der Waals surface area contributed by atoms with Gasteiger partial charge < -0.3 is 10.5 Å². The van der Waals surface area contributed by atoms with Crippen LogP contribution in [-0.4, -0.2) is 22.9 Å². The molecule has 0 saturated heterocycles. The van der Waals surface area contributed by atoms with Gasteiger partial charge in [-0.3, -0.25) is 4.68 Å². The summed E-state index contributed by atoms with van der Waals surface area (Å²) in [7, 11) is 1.68. The van der Waals surface area contributed by atoms with Crippen molar-refractivity contribution in [3.05, 3.63) is 11.9 Å². The monoisotopic (exact) mass is 225 g/mol. The van der Waals surface area contributed by atoms with Crippen LogP contribution >= 0.6 is 0 Å². The maximum atomic E-state index is 5.85. The van der Waals surface area contributed by atoms with Crippen molar-refractivity contribution in [1.82, 2.24) is 9.78 Å². The molecule has 0 bridgehead atoms. The van der Waals surface area contributed by atoms with E-state index in [0.29, 0.717) is 12.0 Å². The van der Waals surface area contributed by atoms with Gasteiger partial charge in [0.05, 0.1) is 19.0 Å². The van der Waals surface area contributed by atoms with Crippen molar-refractivity contribution in [2.24, 2.45) is 5.73 Å². The normalized spacial score (nSPS) is 15.2. The first-order valence-electron chi connectivity index (χ1n) is 5.84. The fraction of sp³-hybridized carbons (Fsp3) is 0.750. The van der Waals surface area contributed by atoms with Gasteiger partial charge in [0.25, 0.3) is 0 Å². The summed E-state index contributed by atoms with van der Waals surface area (Å²) < 4.78 is 7.37. The number of ether oxygens (including phenoxy) is 1. The van der Waals surface area contributed by atoms with Crippen molar-refractivity contribution in [2.75, 3.05) is 7.11 Å². The fourth-order valence-corrected chi connectivity index (χ4v) is 2.06. The van der Waals surface area contributed by atoms with E-state index < -0.39 is 0 Å². The molecule has 0 radical (unpaired) electrons. The Balaban J connectivity index is 3.02. The number of aromatic nitrogens is 2. The van der Waals surface area contributed by atoms with Gasteiger partial charge in [0.2, 0.25) is 0 Å². The molecule has 1 aromatic heterocycles. The van der Waals surface area contributed by atoms with E-state index in [1.165, 1.54) is 0 Å². The van der Waals surface area contributed by atoms with Crippen LogP contribution < -0.4 is 10.5 Å². The van der Waals surface area contributed by atoms with Gasteiger partial charge in [-0.05, 0) is 27.2 Å². The van der Waals surface area contributed by atoms with Crippen LogP contribution in [0.4, 0.5) is 0 Å². The molecule has 0 aliphatic rings. The van der Waals surface area contributed by atoms with E-state index >= 15 is 0 Å². The third-order valence-corrected chi connectivity index (χ3v) is 2.70. The first-order valence-corrected chi connectivity index (χ1v) is 5.84. The van der Waals surface area contributed by atoms with Gasteiger partial charge >= 0.3 is 0 Å². The molecule has 1 heterocycles. The molecule has 0 aromatic carbocycles. The lowest BCUT2D eigenvalue weighted by molar-refractivity contribution is 0.393. The van der Waals surface area contributed by atoms with E-state index in [1.807, 2.05) is 11.6 Å². The molecule has 0 spiro atoms.